The van der Waals surface area contributed by atoms with Gasteiger partial charge >= 0.3 is 11.9 Å². The van der Waals surface area contributed by atoms with Gasteiger partial charge in [0.25, 0.3) is 0 Å². The molecule has 0 spiro atoms. The molecule has 4 aliphatic carbocycles. The number of hydrogen-bond donors (Lipinski definition) is 4. The number of carboxylic acids is 2. The Hall–Kier alpha value is -1.44. The maximum absolute atomic E-state index is 12.0. The van der Waals surface area contributed by atoms with Crippen LogP contribution in [0, 0.1) is 58.2 Å². The van der Waals surface area contributed by atoms with E-state index in [1.807, 2.05) is 6.08 Å². The van der Waals surface area contributed by atoms with Gasteiger partial charge in [-0.25, -0.2) is 9.59 Å². The molecule has 0 saturated heterocycles. The largest absolute Gasteiger partial charge is 0.505 e. The molecule has 0 heterocycles. The third-order valence-electron chi connectivity index (χ3n) is 15.1. The summed E-state index contributed by atoms with van der Waals surface area (Å²) in [6, 6.07) is 5.65. The number of benzene rings is 2. The summed E-state index contributed by atoms with van der Waals surface area (Å²) in [6.45, 7) is 12.6. The molecular weight excluding hydrogens is 747 g/mol. The van der Waals surface area contributed by atoms with Gasteiger partial charge in [-0.1, -0.05) is 83.2 Å². The first-order valence-electron chi connectivity index (χ1n) is 20.3. The van der Waals surface area contributed by atoms with E-state index in [0.29, 0.717) is 39.9 Å². The van der Waals surface area contributed by atoms with Gasteiger partial charge in [0.1, 0.15) is 22.6 Å². The van der Waals surface area contributed by atoms with E-state index in [2.05, 4.69) is 34.6 Å². The fraction of sp³-hybridized carbons (Fsp3) is 0.644. The number of fused-ring (bicyclic) bond motifs is 5. The van der Waals surface area contributed by atoms with Gasteiger partial charge in [0.2, 0.25) is 0 Å². The number of hydrogen-bond acceptors (Lipinski definition) is 4. The van der Waals surface area contributed by atoms with Crippen LogP contribution in [0.25, 0.3) is 5.57 Å². The molecular formula is C45H60CaCl2O6. The molecule has 0 bridgehead atoms. The molecule has 0 aliphatic heterocycles. The van der Waals surface area contributed by atoms with Crippen LogP contribution in [0.1, 0.15) is 156 Å². The van der Waals surface area contributed by atoms with Crippen molar-refractivity contribution in [1.82, 2.24) is 0 Å². The Morgan fingerprint density at radius 3 is 1.94 bits per heavy atom. The van der Waals surface area contributed by atoms with E-state index in [1.165, 1.54) is 101 Å². The molecule has 4 saturated carbocycles. The van der Waals surface area contributed by atoms with Crippen LogP contribution in [0.2, 0.25) is 10.0 Å². The summed E-state index contributed by atoms with van der Waals surface area (Å²) in [5, 5.41) is 40.0. The van der Waals surface area contributed by atoms with Crippen molar-refractivity contribution in [2.24, 2.45) is 58.2 Å². The van der Waals surface area contributed by atoms with Gasteiger partial charge in [0.15, 0.2) is 0 Å². The van der Waals surface area contributed by atoms with E-state index in [1.54, 1.807) is 0 Å². The van der Waals surface area contributed by atoms with Gasteiger partial charge in [-0.2, -0.15) is 0 Å². The number of carboxylic acid groups (broad SMARTS) is 2. The monoisotopic (exact) mass is 806 g/mol. The van der Waals surface area contributed by atoms with E-state index < -0.39 is 23.4 Å². The third-order valence-corrected chi connectivity index (χ3v) is 15.7. The molecule has 6 rings (SSSR count). The van der Waals surface area contributed by atoms with Crippen molar-refractivity contribution in [2.75, 3.05) is 0 Å². The maximum Gasteiger partial charge on any atom is 0.339 e. The predicted molar refractivity (Wildman–Crippen MR) is 219 cm³/mol. The summed E-state index contributed by atoms with van der Waals surface area (Å²) >= 11 is 12.6. The Morgan fingerprint density at radius 1 is 0.796 bits per heavy atom. The fourth-order valence-electron chi connectivity index (χ4n) is 12.3. The summed E-state index contributed by atoms with van der Waals surface area (Å²) in [7, 11) is 0. The van der Waals surface area contributed by atoms with Crippen molar-refractivity contribution < 1.29 is 30.0 Å². The second-order valence-electron chi connectivity index (χ2n) is 18.3. The molecule has 1 unspecified atom stereocenters. The number of aromatic carboxylic acids is 2. The average Bonchev–Trinajstić information content (AvgIpc) is 3.46. The number of halogens is 2. The Bertz CT molecular complexity index is 1670. The Morgan fingerprint density at radius 2 is 1.37 bits per heavy atom. The topological polar surface area (TPSA) is 115 Å². The van der Waals surface area contributed by atoms with Gasteiger partial charge in [-0.15, -0.1) is 0 Å². The van der Waals surface area contributed by atoms with Crippen molar-refractivity contribution in [1.29, 1.82) is 0 Å². The zero-order valence-electron chi connectivity index (χ0n) is 33.0. The first-order chi connectivity index (χ1) is 25.0. The van der Waals surface area contributed by atoms with Gasteiger partial charge in [-0.3, -0.25) is 0 Å². The van der Waals surface area contributed by atoms with Crippen molar-refractivity contribution in [3.8, 4) is 11.5 Å². The Labute approximate surface area is 362 Å². The summed E-state index contributed by atoms with van der Waals surface area (Å²) < 4.78 is 0. The predicted octanol–water partition coefficient (Wildman–Crippen LogP) is 12.4. The van der Waals surface area contributed by atoms with Crippen LogP contribution in [0.5, 0.6) is 11.5 Å². The van der Waals surface area contributed by atoms with E-state index in [-0.39, 0.29) is 58.9 Å². The number of allylic oxidation sites excluding steroid dienone is 1. The minimum atomic E-state index is -1.33. The van der Waals surface area contributed by atoms with Crippen LogP contribution in [-0.2, 0) is 0 Å². The van der Waals surface area contributed by atoms with Crippen molar-refractivity contribution in [3.05, 3.63) is 62.6 Å². The standard InChI is InChI=1S/C45H60Cl2O6.Ca/c1-25(2)8-6-9-26(3)35-14-15-36-32-13-12-30-20-27(16-18-44(30,4)37(32)17-19-45(35,36)5)10-7-11-31(28-21-33(42(50)51)40(48)38(46)23-28)29-22-34(43(52)53)41(49)39(47)24-29;/h11,21-27,30,32,35-37,48-49H,6-10,12-20H2,1-5H3,(H,50,51)(H,52,53);/t26?,27-,30-,32+,35+,36-,37-,44-,45+;/m0./s1. The van der Waals surface area contributed by atoms with Crippen LogP contribution < -0.4 is 0 Å². The molecule has 2 radical (unpaired) electrons. The number of phenols is 2. The molecule has 292 valence electrons. The molecule has 9 heteroatoms. The van der Waals surface area contributed by atoms with E-state index >= 15 is 0 Å². The zero-order chi connectivity index (χ0) is 38.4. The zero-order valence-corrected chi connectivity index (χ0v) is 36.7. The first kappa shape index (κ1) is 43.7. The third kappa shape index (κ3) is 8.54. The average molecular weight is 808 g/mol. The second-order valence-corrected chi connectivity index (χ2v) is 19.2. The van der Waals surface area contributed by atoms with E-state index in [0.717, 1.165) is 47.8 Å². The Balaban J connectivity index is 0.00000561. The number of carbonyl (C=O) groups is 2. The fourth-order valence-corrected chi connectivity index (χ4v) is 12.8. The van der Waals surface area contributed by atoms with Crippen molar-refractivity contribution >= 4 is 78.5 Å². The van der Waals surface area contributed by atoms with Crippen LogP contribution >= 0.6 is 23.2 Å². The summed E-state index contributed by atoms with van der Waals surface area (Å²) in [6.07, 6.45) is 19.8. The molecule has 0 aromatic heterocycles. The molecule has 4 aliphatic rings. The van der Waals surface area contributed by atoms with Crippen LogP contribution in [0.3, 0.4) is 0 Å². The molecule has 4 N–H and O–H groups in total. The minimum Gasteiger partial charge on any atom is -0.505 e. The van der Waals surface area contributed by atoms with Crippen molar-refractivity contribution in [3.63, 3.8) is 0 Å². The molecule has 2 aromatic rings. The first-order valence-corrected chi connectivity index (χ1v) is 21.0. The van der Waals surface area contributed by atoms with Crippen molar-refractivity contribution in [2.45, 2.75) is 125 Å². The number of rotatable bonds is 12. The summed E-state index contributed by atoms with van der Waals surface area (Å²) in [5.41, 5.74) is 1.58. The van der Waals surface area contributed by atoms with E-state index in [9.17, 15) is 30.0 Å². The normalized spacial score (nSPS) is 30.7. The molecule has 4 fully saturated rings. The molecule has 6 nitrogen and oxygen atoms in total. The smallest absolute Gasteiger partial charge is 0.339 e. The Kier molecular flexibility index (Phi) is 14.2. The maximum atomic E-state index is 12.0. The molecule has 54 heavy (non-hydrogen) atoms. The quantitative estimate of drug-likeness (QED) is 0.159. The second kappa shape index (κ2) is 17.6. The van der Waals surface area contributed by atoms with Crippen LogP contribution in [-0.4, -0.2) is 70.1 Å². The van der Waals surface area contributed by atoms with Gasteiger partial charge in [0, 0.05) is 37.7 Å². The van der Waals surface area contributed by atoms with E-state index in [4.69, 9.17) is 23.2 Å². The van der Waals surface area contributed by atoms with Gasteiger partial charge in [0.05, 0.1) is 10.0 Å². The summed E-state index contributed by atoms with van der Waals surface area (Å²) in [5.74, 6) is 2.64. The summed E-state index contributed by atoms with van der Waals surface area (Å²) in [4.78, 5) is 23.9. The minimum absolute atomic E-state index is 0. The van der Waals surface area contributed by atoms with Gasteiger partial charge in [-0.05, 0) is 170 Å². The van der Waals surface area contributed by atoms with Gasteiger partial charge < -0.3 is 20.4 Å². The molecule has 9 atom stereocenters. The molecule has 0 amide bonds. The number of aromatic hydroxyl groups is 2. The van der Waals surface area contributed by atoms with Crippen LogP contribution in [0.4, 0.5) is 0 Å². The molecule has 2 aromatic carbocycles. The SMILES string of the molecule is CC(C)CCCC(C)[C@H]1CC[C@H]2[C@H]3CC[C@H]4C[C@@H](CCC=C(c5cc(Cl)c(O)c(C(=O)O)c5)c5cc(Cl)c(O)c(C(=O)O)c5)CC[C@]4(C)[C@H]3CC[C@]12C.[Ca]. The van der Waals surface area contributed by atoms with Crippen LogP contribution in [0.15, 0.2) is 30.3 Å².